The zero-order valence-corrected chi connectivity index (χ0v) is 16.7. The van der Waals surface area contributed by atoms with Gasteiger partial charge in [0.2, 0.25) is 5.91 Å². The number of hydrogen-bond acceptors (Lipinski definition) is 5. The number of anilines is 2. The summed E-state index contributed by atoms with van der Waals surface area (Å²) in [6.07, 6.45) is 1.80. The highest BCUT2D eigenvalue weighted by atomic mass is 79.9. The van der Waals surface area contributed by atoms with E-state index in [1.807, 2.05) is 12.1 Å². The summed E-state index contributed by atoms with van der Waals surface area (Å²) >= 11 is 3.39. The van der Waals surface area contributed by atoms with E-state index in [2.05, 4.69) is 41.3 Å². The molecule has 0 atom stereocenters. The zero-order valence-electron chi connectivity index (χ0n) is 15.1. The molecule has 2 amide bonds. The molecular formula is C19H22BrN5O2. The Morgan fingerprint density at radius 3 is 2.37 bits per heavy atom. The molecule has 1 aliphatic heterocycles. The van der Waals surface area contributed by atoms with E-state index in [1.165, 1.54) is 0 Å². The third kappa shape index (κ3) is 5.27. The summed E-state index contributed by atoms with van der Waals surface area (Å²) in [6.45, 7) is 3.63. The highest BCUT2D eigenvalue weighted by Gasteiger charge is 2.20. The molecule has 0 bridgehead atoms. The molecule has 2 aromatic rings. The summed E-state index contributed by atoms with van der Waals surface area (Å²) in [5.74, 6) is 0.752. The van der Waals surface area contributed by atoms with Gasteiger partial charge >= 0.3 is 0 Å². The van der Waals surface area contributed by atoms with Crippen LogP contribution in [0.3, 0.4) is 0 Å². The third-order valence-corrected chi connectivity index (χ3v) is 4.90. The lowest BCUT2D eigenvalue weighted by Gasteiger charge is -2.35. The van der Waals surface area contributed by atoms with Crippen LogP contribution in [0, 0.1) is 0 Å². The summed E-state index contributed by atoms with van der Waals surface area (Å²) in [4.78, 5) is 32.6. The molecule has 1 aliphatic rings. The second-order valence-corrected chi connectivity index (χ2v) is 7.22. The molecule has 3 rings (SSSR count). The first kappa shape index (κ1) is 19.3. The zero-order chi connectivity index (χ0) is 19.2. The molecule has 1 aromatic carbocycles. The number of pyridine rings is 1. The smallest absolute Gasteiger partial charge is 0.251 e. The lowest BCUT2D eigenvalue weighted by molar-refractivity contribution is -0.117. The predicted octanol–water partition coefficient (Wildman–Crippen LogP) is 1.96. The Morgan fingerprint density at radius 2 is 1.78 bits per heavy atom. The van der Waals surface area contributed by atoms with Crippen molar-refractivity contribution >= 4 is 39.2 Å². The minimum atomic E-state index is -0.147. The molecule has 0 unspecified atom stereocenters. The number of nitrogens with zero attached hydrogens (tertiary/aromatic N) is 3. The van der Waals surface area contributed by atoms with E-state index in [0.717, 1.165) is 36.5 Å². The van der Waals surface area contributed by atoms with Gasteiger partial charge in [-0.2, -0.15) is 0 Å². The Hall–Kier alpha value is -2.45. The number of carbonyl (C=O) groups is 2. The maximum atomic E-state index is 12.3. The van der Waals surface area contributed by atoms with Crippen LogP contribution in [0.5, 0.6) is 0 Å². The van der Waals surface area contributed by atoms with Crippen molar-refractivity contribution in [1.29, 1.82) is 0 Å². The topological polar surface area (TPSA) is 77.6 Å². The van der Waals surface area contributed by atoms with Crippen LogP contribution < -0.4 is 15.5 Å². The molecule has 2 N–H and O–H groups in total. The number of halogens is 1. The molecule has 0 spiro atoms. The van der Waals surface area contributed by atoms with Gasteiger partial charge < -0.3 is 15.5 Å². The van der Waals surface area contributed by atoms with Gasteiger partial charge in [-0.3, -0.25) is 14.5 Å². The van der Waals surface area contributed by atoms with Crippen molar-refractivity contribution in [1.82, 2.24) is 15.2 Å². The maximum Gasteiger partial charge on any atom is 0.251 e. The van der Waals surface area contributed by atoms with Crippen molar-refractivity contribution < 1.29 is 9.59 Å². The fourth-order valence-electron chi connectivity index (χ4n) is 2.94. The first-order valence-corrected chi connectivity index (χ1v) is 9.55. The molecule has 0 aliphatic carbocycles. The molecule has 0 radical (unpaired) electrons. The van der Waals surface area contributed by atoms with Gasteiger partial charge in [0.05, 0.1) is 6.54 Å². The van der Waals surface area contributed by atoms with Crippen molar-refractivity contribution in [3.05, 3.63) is 52.6 Å². The van der Waals surface area contributed by atoms with Gasteiger partial charge in [-0.05, 0) is 52.3 Å². The summed E-state index contributed by atoms with van der Waals surface area (Å²) in [7, 11) is 1.59. The molecule has 1 saturated heterocycles. The van der Waals surface area contributed by atoms with Gasteiger partial charge in [0.25, 0.3) is 5.91 Å². The average molecular weight is 432 g/mol. The van der Waals surface area contributed by atoms with Crippen LogP contribution >= 0.6 is 15.9 Å². The summed E-state index contributed by atoms with van der Waals surface area (Å²) in [5, 5.41) is 5.45. The van der Waals surface area contributed by atoms with E-state index in [0.29, 0.717) is 17.8 Å². The minimum Gasteiger partial charge on any atom is -0.355 e. The molecule has 0 saturated carbocycles. The third-order valence-electron chi connectivity index (χ3n) is 4.43. The summed E-state index contributed by atoms with van der Waals surface area (Å²) in [5.41, 5.74) is 1.25. The first-order valence-electron chi connectivity index (χ1n) is 8.76. The number of aromatic nitrogens is 1. The number of nitrogens with one attached hydrogen (secondary N) is 2. The van der Waals surface area contributed by atoms with Crippen molar-refractivity contribution in [2.24, 2.45) is 0 Å². The van der Waals surface area contributed by atoms with Gasteiger partial charge in [0, 0.05) is 55.1 Å². The van der Waals surface area contributed by atoms with Crippen LogP contribution in [-0.2, 0) is 4.79 Å². The molecule has 1 aromatic heterocycles. The normalized spacial score (nSPS) is 14.7. The van der Waals surface area contributed by atoms with Crippen molar-refractivity contribution in [2.45, 2.75) is 0 Å². The minimum absolute atomic E-state index is 0.0575. The number of amides is 2. The standard InChI is InChI=1S/C19H22BrN5O2/c1-21-19(27)14-2-5-16(6-3-14)23-18(26)13-24-8-10-25(11-9-24)17-7-4-15(20)12-22-17/h2-7,12H,8-11,13H2,1H3,(H,21,27)(H,23,26). The number of benzene rings is 1. The summed E-state index contributed by atoms with van der Waals surface area (Å²) in [6, 6.07) is 10.8. The van der Waals surface area contributed by atoms with Gasteiger partial charge in [-0.25, -0.2) is 4.98 Å². The lowest BCUT2D eigenvalue weighted by Crippen LogP contribution is -2.48. The van der Waals surface area contributed by atoms with Gasteiger partial charge in [-0.15, -0.1) is 0 Å². The van der Waals surface area contributed by atoms with E-state index in [9.17, 15) is 9.59 Å². The Bertz CT molecular complexity index is 787. The Balaban J connectivity index is 1.46. The first-order chi connectivity index (χ1) is 13.0. The molecule has 1 fully saturated rings. The van der Waals surface area contributed by atoms with Crippen LogP contribution in [0.25, 0.3) is 0 Å². The molecule has 8 heteroatoms. The number of piperazine rings is 1. The average Bonchev–Trinajstić information content (AvgIpc) is 2.69. The largest absolute Gasteiger partial charge is 0.355 e. The molecular weight excluding hydrogens is 410 g/mol. The monoisotopic (exact) mass is 431 g/mol. The van der Waals surface area contributed by atoms with Gasteiger partial charge in [0.1, 0.15) is 5.82 Å². The number of carbonyl (C=O) groups excluding carboxylic acids is 2. The van der Waals surface area contributed by atoms with E-state index in [4.69, 9.17) is 0 Å². The highest BCUT2D eigenvalue weighted by molar-refractivity contribution is 9.10. The van der Waals surface area contributed by atoms with Crippen molar-refractivity contribution in [3.8, 4) is 0 Å². The fourth-order valence-corrected chi connectivity index (χ4v) is 3.18. The molecule has 142 valence electrons. The second-order valence-electron chi connectivity index (χ2n) is 6.30. The molecule has 7 nitrogen and oxygen atoms in total. The van der Waals surface area contributed by atoms with Crippen LogP contribution in [0.15, 0.2) is 47.1 Å². The second kappa shape index (κ2) is 8.96. The molecule has 2 heterocycles. The number of hydrogen-bond donors (Lipinski definition) is 2. The van der Waals surface area contributed by atoms with Crippen molar-refractivity contribution in [3.63, 3.8) is 0 Å². The van der Waals surface area contributed by atoms with Crippen LogP contribution in [-0.4, -0.2) is 61.5 Å². The van der Waals surface area contributed by atoms with Gasteiger partial charge in [-0.1, -0.05) is 0 Å². The van der Waals surface area contributed by atoms with Gasteiger partial charge in [0.15, 0.2) is 0 Å². The van der Waals surface area contributed by atoms with Crippen LogP contribution in [0.2, 0.25) is 0 Å². The lowest BCUT2D eigenvalue weighted by atomic mass is 10.2. The Labute approximate surface area is 166 Å². The Morgan fingerprint density at radius 1 is 1.07 bits per heavy atom. The SMILES string of the molecule is CNC(=O)c1ccc(NC(=O)CN2CCN(c3ccc(Br)cn3)CC2)cc1. The predicted molar refractivity (Wildman–Crippen MR) is 109 cm³/mol. The number of rotatable bonds is 5. The van der Waals surface area contributed by atoms with E-state index in [1.54, 1.807) is 37.5 Å². The van der Waals surface area contributed by atoms with E-state index < -0.39 is 0 Å². The van der Waals surface area contributed by atoms with Crippen molar-refractivity contribution in [2.75, 3.05) is 50.0 Å². The maximum absolute atomic E-state index is 12.3. The quantitative estimate of drug-likeness (QED) is 0.756. The molecule has 27 heavy (non-hydrogen) atoms. The fraction of sp³-hybridized carbons (Fsp3) is 0.316. The van der Waals surface area contributed by atoms with E-state index >= 15 is 0 Å². The summed E-state index contributed by atoms with van der Waals surface area (Å²) < 4.78 is 0.963. The van der Waals surface area contributed by atoms with Crippen LogP contribution in [0.4, 0.5) is 11.5 Å². The highest BCUT2D eigenvalue weighted by Crippen LogP contribution is 2.16. The Kier molecular flexibility index (Phi) is 6.41. The van der Waals surface area contributed by atoms with E-state index in [-0.39, 0.29) is 11.8 Å². The van der Waals surface area contributed by atoms with Crippen LogP contribution in [0.1, 0.15) is 10.4 Å².